The Bertz CT molecular complexity index is 700. The van der Waals surface area contributed by atoms with Gasteiger partial charge >= 0.3 is 0 Å². The van der Waals surface area contributed by atoms with Gasteiger partial charge in [0.25, 0.3) is 0 Å². The Kier molecular flexibility index (Phi) is 3.76. The van der Waals surface area contributed by atoms with Crippen LogP contribution in [0.1, 0.15) is 27.2 Å². The lowest BCUT2D eigenvalue weighted by molar-refractivity contribution is 0.102. The average Bonchev–Trinajstić information content (AvgIpc) is 2.87. The molecule has 0 spiro atoms. The lowest BCUT2D eigenvalue weighted by atomic mass is 9.86. The number of methoxy groups -OCH3 is 1. The van der Waals surface area contributed by atoms with Crippen molar-refractivity contribution in [2.75, 3.05) is 7.11 Å². The highest BCUT2D eigenvalue weighted by molar-refractivity contribution is 9.11. The van der Waals surface area contributed by atoms with Crippen molar-refractivity contribution in [3.63, 3.8) is 0 Å². The van der Waals surface area contributed by atoms with Crippen molar-refractivity contribution < 1.29 is 9.53 Å². The molecule has 1 heterocycles. The van der Waals surface area contributed by atoms with Crippen molar-refractivity contribution in [1.82, 2.24) is 0 Å². The van der Waals surface area contributed by atoms with E-state index in [9.17, 15) is 4.79 Å². The highest BCUT2D eigenvalue weighted by Crippen LogP contribution is 2.31. The molecule has 0 bridgehead atoms. The molecule has 102 valence electrons. The molecular weight excluding hydrogens is 336 g/mol. The molecule has 0 saturated heterocycles. The first-order chi connectivity index (χ1) is 9.67. The summed E-state index contributed by atoms with van der Waals surface area (Å²) in [5.74, 6) is 0.949. The predicted octanol–water partition coefficient (Wildman–Crippen LogP) is 4.73. The van der Waals surface area contributed by atoms with E-state index in [1.807, 2.05) is 36.4 Å². The van der Waals surface area contributed by atoms with E-state index in [0.29, 0.717) is 0 Å². The number of fused-ring (bicyclic) bond motifs is 1. The van der Waals surface area contributed by atoms with Gasteiger partial charge in [-0.15, -0.1) is 11.3 Å². The minimum Gasteiger partial charge on any atom is -0.497 e. The summed E-state index contributed by atoms with van der Waals surface area (Å²) in [5, 5.41) is 0. The molecule has 0 saturated carbocycles. The van der Waals surface area contributed by atoms with Gasteiger partial charge in [0.05, 0.1) is 10.9 Å². The summed E-state index contributed by atoms with van der Waals surface area (Å²) < 4.78 is 6.29. The zero-order chi connectivity index (χ0) is 14.1. The SMILES string of the molecule is COc1ccc2c(c1)CCC(=Cc1ccc(Br)s1)C2=O. The maximum Gasteiger partial charge on any atom is 0.189 e. The third-order valence-corrected chi connectivity index (χ3v) is 4.99. The van der Waals surface area contributed by atoms with E-state index in [1.165, 1.54) is 0 Å². The van der Waals surface area contributed by atoms with Gasteiger partial charge in [-0.25, -0.2) is 0 Å². The molecule has 20 heavy (non-hydrogen) atoms. The van der Waals surface area contributed by atoms with Crippen LogP contribution in [0.5, 0.6) is 5.75 Å². The molecule has 1 aliphatic carbocycles. The summed E-state index contributed by atoms with van der Waals surface area (Å²) in [4.78, 5) is 13.6. The molecule has 2 aromatic rings. The van der Waals surface area contributed by atoms with Gasteiger partial charge in [-0.2, -0.15) is 0 Å². The van der Waals surface area contributed by atoms with E-state index in [1.54, 1.807) is 18.4 Å². The summed E-state index contributed by atoms with van der Waals surface area (Å²) >= 11 is 5.08. The van der Waals surface area contributed by atoms with Crippen molar-refractivity contribution in [1.29, 1.82) is 0 Å². The summed E-state index contributed by atoms with van der Waals surface area (Å²) in [5.41, 5.74) is 2.77. The molecule has 0 unspecified atom stereocenters. The second-order valence-electron chi connectivity index (χ2n) is 4.66. The molecule has 3 rings (SSSR count). The maximum atomic E-state index is 12.5. The van der Waals surface area contributed by atoms with Crippen LogP contribution in [-0.4, -0.2) is 12.9 Å². The molecule has 0 aliphatic heterocycles. The minimum atomic E-state index is 0.137. The van der Waals surface area contributed by atoms with Crippen LogP contribution in [0.15, 0.2) is 39.7 Å². The topological polar surface area (TPSA) is 26.3 Å². The first-order valence-corrected chi connectivity index (χ1v) is 7.96. The Hall–Kier alpha value is -1.39. The van der Waals surface area contributed by atoms with Crippen LogP contribution in [-0.2, 0) is 6.42 Å². The number of ether oxygens (including phenoxy) is 1. The summed E-state index contributed by atoms with van der Waals surface area (Å²) in [6, 6.07) is 9.71. The molecule has 4 heteroatoms. The number of carbonyl (C=O) groups excluding carboxylic acids is 1. The number of hydrogen-bond acceptors (Lipinski definition) is 3. The number of halogens is 1. The monoisotopic (exact) mass is 348 g/mol. The summed E-state index contributed by atoms with van der Waals surface area (Å²) in [6.45, 7) is 0. The van der Waals surface area contributed by atoms with E-state index in [-0.39, 0.29) is 5.78 Å². The van der Waals surface area contributed by atoms with Crippen LogP contribution in [0.3, 0.4) is 0 Å². The van der Waals surface area contributed by atoms with Gasteiger partial charge in [0.1, 0.15) is 5.75 Å². The third-order valence-electron chi connectivity index (χ3n) is 3.42. The standard InChI is InChI=1S/C16H13BrO2S/c1-19-12-4-6-14-10(8-12)2-3-11(16(14)18)9-13-5-7-15(17)20-13/h4-9H,2-3H2,1H3. The lowest BCUT2D eigenvalue weighted by Gasteiger charge is -2.18. The fraction of sp³-hybridized carbons (Fsp3) is 0.188. The smallest absolute Gasteiger partial charge is 0.189 e. The van der Waals surface area contributed by atoms with Crippen molar-refractivity contribution in [2.24, 2.45) is 0 Å². The van der Waals surface area contributed by atoms with Crippen LogP contribution >= 0.6 is 27.3 Å². The molecule has 0 atom stereocenters. The number of benzene rings is 1. The largest absolute Gasteiger partial charge is 0.497 e. The number of ketones is 1. The van der Waals surface area contributed by atoms with Gasteiger partial charge in [-0.3, -0.25) is 4.79 Å². The van der Waals surface area contributed by atoms with Gasteiger partial charge in [0, 0.05) is 16.0 Å². The second-order valence-corrected chi connectivity index (χ2v) is 7.16. The quantitative estimate of drug-likeness (QED) is 0.733. The van der Waals surface area contributed by atoms with Crippen LogP contribution < -0.4 is 4.74 Å². The first-order valence-electron chi connectivity index (χ1n) is 6.35. The zero-order valence-corrected chi connectivity index (χ0v) is 13.4. The molecule has 0 N–H and O–H groups in total. The van der Waals surface area contributed by atoms with Crippen LogP contribution in [0.2, 0.25) is 0 Å². The van der Waals surface area contributed by atoms with Gasteiger partial charge < -0.3 is 4.74 Å². The highest BCUT2D eigenvalue weighted by atomic mass is 79.9. The Morgan fingerprint density at radius 3 is 2.80 bits per heavy atom. The molecule has 0 amide bonds. The number of aryl methyl sites for hydroxylation is 1. The molecular formula is C16H13BrO2S. The Morgan fingerprint density at radius 1 is 1.25 bits per heavy atom. The van der Waals surface area contributed by atoms with Gasteiger partial charge in [-0.1, -0.05) is 0 Å². The fourth-order valence-electron chi connectivity index (χ4n) is 2.40. The summed E-state index contributed by atoms with van der Waals surface area (Å²) in [7, 11) is 1.65. The predicted molar refractivity (Wildman–Crippen MR) is 85.6 cm³/mol. The van der Waals surface area contributed by atoms with E-state index < -0.39 is 0 Å². The molecule has 1 aromatic carbocycles. The van der Waals surface area contributed by atoms with Crippen molar-refractivity contribution in [2.45, 2.75) is 12.8 Å². The van der Waals surface area contributed by atoms with Crippen LogP contribution in [0.25, 0.3) is 6.08 Å². The average molecular weight is 349 g/mol. The molecule has 0 radical (unpaired) electrons. The summed E-state index contributed by atoms with van der Waals surface area (Å²) in [6.07, 6.45) is 3.68. The molecule has 1 aromatic heterocycles. The Morgan fingerprint density at radius 2 is 2.10 bits per heavy atom. The zero-order valence-electron chi connectivity index (χ0n) is 11.0. The van der Waals surface area contributed by atoms with E-state index in [0.717, 1.165) is 44.0 Å². The van der Waals surface area contributed by atoms with Crippen molar-refractivity contribution in [3.05, 3.63) is 55.7 Å². The van der Waals surface area contributed by atoms with Gasteiger partial charge in [0.15, 0.2) is 5.78 Å². The molecule has 0 fully saturated rings. The second kappa shape index (κ2) is 5.54. The number of allylic oxidation sites excluding steroid dienone is 1. The first kappa shape index (κ1) is 13.6. The van der Waals surface area contributed by atoms with E-state index in [4.69, 9.17) is 4.74 Å². The normalized spacial score (nSPS) is 16.3. The number of thiophene rings is 1. The maximum absolute atomic E-state index is 12.5. The van der Waals surface area contributed by atoms with Crippen molar-refractivity contribution >= 4 is 39.1 Å². The van der Waals surface area contributed by atoms with Gasteiger partial charge in [0.2, 0.25) is 0 Å². The van der Waals surface area contributed by atoms with E-state index >= 15 is 0 Å². The van der Waals surface area contributed by atoms with Crippen LogP contribution in [0.4, 0.5) is 0 Å². The van der Waals surface area contributed by atoms with E-state index in [2.05, 4.69) is 15.9 Å². The highest BCUT2D eigenvalue weighted by Gasteiger charge is 2.22. The third kappa shape index (κ3) is 2.58. The van der Waals surface area contributed by atoms with Crippen molar-refractivity contribution in [3.8, 4) is 5.75 Å². The molecule has 1 aliphatic rings. The fourth-order valence-corrected chi connectivity index (χ4v) is 3.79. The van der Waals surface area contributed by atoms with Crippen LogP contribution in [0, 0.1) is 0 Å². The Balaban J connectivity index is 1.95. The number of hydrogen-bond donors (Lipinski definition) is 0. The van der Waals surface area contributed by atoms with Gasteiger partial charge in [-0.05, 0) is 70.7 Å². The Labute approximate surface area is 130 Å². The lowest BCUT2D eigenvalue weighted by Crippen LogP contribution is -2.14. The minimum absolute atomic E-state index is 0.137. The molecule has 2 nitrogen and oxygen atoms in total. The number of Topliss-reactive ketones (excluding diaryl/α,β-unsaturated/α-hetero) is 1. The number of rotatable bonds is 2. The number of carbonyl (C=O) groups is 1.